The zero-order valence-electron chi connectivity index (χ0n) is 16.4. The van der Waals surface area contributed by atoms with Gasteiger partial charge in [0, 0.05) is 30.9 Å². The van der Waals surface area contributed by atoms with Crippen molar-refractivity contribution in [3.63, 3.8) is 0 Å². The van der Waals surface area contributed by atoms with Crippen LogP contribution in [0.5, 0.6) is 0 Å². The fourth-order valence-electron chi connectivity index (χ4n) is 2.96. The second-order valence-corrected chi connectivity index (χ2v) is 8.20. The predicted molar refractivity (Wildman–Crippen MR) is 111 cm³/mol. The smallest absolute Gasteiger partial charge is 0.309 e. The van der Waals surface area contributed by atoms with Gasteiger partial charge in [0.25, 0.3) is 0 Å². The van der Waals surface area contributed by atoms with Crippen LogP contribution in [0.3, 0.4) is 0 Å². The van der Waals surface area contributed by atoms with Crippen LogP contribution in [0, 0.1) is 5.92 Å². The summed E-state index contributed by atoms with van der Waals surface area (Å²) in [6, 6.07) is 7.53. The Morgan fingerprint density at radius 3 is 2.46 bits per heavy atom. The van der Waals surface area contributed by atoms with E-state index in [0.717, 1.165) is 5.56 Å². The highest BCUT2D eigenvalue weighted by molar-refractivity contribution is 7.99. The number of rotatable bonds is 8. The quantitative estimate of drug-likeness (QED) is 0.598. The normalized spacial score (nSPS) is 14.6. The Bertz CT molecular complexity index is 675. The summed E-state index contributed by atoms with van der Waals surface area (Å²) in [5.41, 5.74) is 1.10. The largest absolute Gasteiger partial charge is 0.466 e. The number of nitrogens with zero attached hydrogens (tertiary/aromatic N) is 2. The fraction of sp³-hybridized carbons (Fsp3) is 0.550. The molecule has 0 spiro atoms. The summed E-state index contributed by atoms with van der Waals surface area (Å²) in [7, 11) is 1.65. The number of hydrogen-bond donors (Lipinski definition) is 0. The summed E-state index contributed by atoms with van der Waals surface area (Å²) in [5, 5.41) is 0.689. The Labute approximate surface area is 175 Å². The first-order valence-corrected chi connectivity index (χ1v) is 10.9. The van der Waals surface area contributed by atoms with Gasteiger partial charge < -0.3 is 14.5 Å². The summed E-state index contributed by atoms with van der Waals surface area (Å²) >= 11 is 7.37. The van der Waals surface area contributed by atoms with E-state index in [4.69, 9.17) is 16.3 Å². The molecule has 1 aliphatic rings. The number of likely N-dealkylation sites (N-methyl/N-ethyl adjacent to an activating group) is 1. The van der Waals surface area contributed by atoms with Gasteiger partial charge in [0.05, 0.1) is 24.8 Å². The van der Waals surface area contributed by atoms with E-state index in [-0.39, 0.29) is 30.2 Å². The molecule has 8 heteroatoms. The molecule has 0 atom stereocenters. The van der Waals surface area contributed by atoms with Crippen LogP contribution in [0.4, 0.5) is 0 Å². The van der Waals surface area contributed by atoms with Gasteiger partial charge in [-0.25, -0.2) is 0 Å². The first-order chi connectivity index (χ1) is 13.4. The van der Waals surface area contributed by atoms with Crippen molar-refractivity contribution in [3.8, 4) is 0 Å². The number of carbonyl (C=O) groups is 3. The molecule has 0 radical (unpaired) electrons. The van der Waals surface area contributed by atoms with Crippen LogP contribution in [0.1, 0.15) is 25.3 Å². The Morgan fingerprint density at radius 2 is 1.86 bits per heavy atom. The minimum absolute atomic E-state index is 0.0599. The van der Waals surface area contributed by atoms with E-state index in [1.54, 1.807) is 18.9 Å². The van der Waals surface area contributed by atoms with Gasteiger partial charge in [-0.1, -0.05) is 23.7 Å². The SMILES string of the molecule is CCOC(=O)C1CCN(C(=O)CN(C)C(=O)CSCc2ccc(Cl)cc2)CC1. The topological polar surface area (TPSA) is 66.9 Å². The summed E-state index contributed by atoms with van der Waals surface area (Å²) in [5.74, 6) is 0.561. The van der Waals surface area contributed by atoms with Gasteiger partial charge in [-0.3, -0.25) is 14.4 Å². The second kappa shape index (κ2) is 11.3. The molecule has 6 nitrogen and oxygen atoms in total. The Morgan fingerprint density at radius 1 is 1.21 bits per heavy atom. The molecule has 0 unspecified atom stereocenters. The van der Waals surface area contributed by atoms with Gasteiger partial charge >= 0.3 is 5.97 Å². The molecule has 2 amide bonds. The standard InChI is InChI=1S/C20H27ClN2O4S/c1-3-27-20(26)16-8-10-23(11-9-16)18(24)12-22(2)19(25)14-28-13-15-4-6-17(21)7-5-15/h4-7,16H,3,8-14H2,1-2H3. The maximum atomic E-state index is 12.4. The van der Waals surface area contributed by atoms with E-state index in [9.17, 15) is 14.4 Å². The number of carbonyl (C=O) groups excluding carboxylic acids is 3. The van der Waals surface area contributed by atoms with Crippen molar-refractivity contribution in [2.45, 2.75) is 25.5 Å². The number of halogens is 1. The van der Waals surface area contributed by atoms with E-state index in [0.29, 0.717) is 49.1 Å². The molecule has 1 aromatic rings. The highest BCUT2D eigenvalue weighted by Crippen LogP contribution is 2.19. The van der Waals surface area contributed by atoms with Crippen LogP contribution in [-0.4, -0.2) is 66.6 Å². The molecule has 0 N–H and O–H groups in total. The fourth-order valence-corrected chi connectivity index (χ4v) is 4.01. The van der Waals surface area contributed by atoms with Crippen LogP contribution in [0.25, 0.3) is 0 Å². The van der Waals surface area contributed by atoms with Crippen molar-refractivity contribution < 1.29 is 19.1 Å². The average molecular weight is 427 g/mol. The second-order valence-electron chi connectivity index (χ2n) is 6.78. The van der Waals surface area contributed by atoms with Crippen molar-refractivity contribution in [1.82, 2.24) is 9.80 Å². The predicted octanol–water partition coefficient (Wildman–Crippen LogP) is 2.83. The van der Waals surface area contributed by atoms with Gasteiger partial charge in [0.2, 0.25) is 11.8 Å². The lowest BCUT2D eigenvalue weighted by atomic mass is 9.97. The van der Waals surface area contributed by atoms with Crippen LogP contribution >= 0.6 is 23.4 Å². The van der Waals surface area contributed by atoms with E-state index < -0.39 is 0 Å². The summed E-state index contributed by atoms with van der Waals surface area (Å²) in [4.78, 5) is 39.7. The highest BCUT2D eigenvalue weighted by Gasteiger charge is 2.28. The third-order valence-electron chi connectivity index (χ3n) is 4.67. The lowest BCUT2D eigenvalue weighted by Gasteiger charge is -2.32. The minimum atomic E-state index is -0.181. The number of ether oxygens (including phenoxy) is 1. The van der Waals surface area contributed by atoms with E-state index >= 15 is 0 Å². The monoisotopic (exact) mass is 426 g/mol. The molecule has 0 saturated carbocycles. The number of piperidine rings is 1. The molecule has 154 valence electrons. The van der Waals surface area contributed by atoms with Gasteiger partial charge in [-0.05, 0) is 37.5 Å². The number of hydrogen-bond acceptors (Lipinski definition) is 5. The van der Waals surface area contributed by atoms with E-state index in [1.165, 1.54) is 16.7 Å². The average Bonchev–Trinajstić information content (AvgIpc) is 2.69. The third-order valence-corrected chi connectivity index (χ3v) is 5.91. The van der Waals surface area contributed by atoms with Crippen molar-refractivity contribution in [3.05, 3.63) is 34.9 Å². The summed E-state index contributed by atoms with van der Waals surface area (Å²) in [6.45, 7) is 3.27. The Kier molecular flexibility index (Phi) is 9.12. The summed E-state index contributed by atoms with van der Waals surface area (Å²) in [6.07, 6.45) is 1.22. The lowest BCUT2D eigenvalue weighted by molar-refractivity contribution is -0.151. The maximum absolute atomic E-state index is 12.4. The van der Waals surface area contributed by atoms with Crippen molar-refractivity contribution in [1.29, 1.82) is 0 Å². The minimum Gasteiger partial charge on any atom is -0.466 e. The molecule has 1 fully saturated rings. The van der Waals surface area contributed by atoms with Gasteiger partial charge in [0.1, 0.15) is 0 Å². The van der Waals surface area contributed by atoms with Gasteiger partial charge in [-0.15, -0.1) is 11.8 Å². The molecule has 0 bridgehead atoms. The molecule has 0 aromatic heterocycles. The first kappa shape index (κ1) is 22.6. The van der Waals surface area contributed by atoms with Crippen molar-refractivity contribution in [2.75, 3.05) is 39.0 Å². The summed E-state index contributed by atoms with van der Waals surface area (Å²) < 4.78 is 5.04. The van der Waals surface area contributed by atoms with Crippen molar-refractivity contribution in [2.24, 2.45) is 5.92 Å². The third kappa shape index (κ3) is 7.02. The lowest BCUT2D eigenvalue weighted by Crippen LogP contribution is -2.46. The van der Waals surface area contributed by atoms with Crippen LogP contribution in [-0.2, 0) is 24.9 Å². The van der Waals surface area contributed by atoms with Crippen LogP contribution < -0.4 is 0 Å². The molecule has 1 saturated heterocycles. The molecule has 1 aliphatic heterocycles. The number of likely N-dealkylation sites (tertiary alicyclic amines) is 1. The zero-order valence-corrected chi connectivity index (χ0v) is 17.9. The molecule has 1 aromatic carbocycles. The first-order valence-electron chi connectivity index (χ1n) is 9.41. The van der Waals surface area contributed by atoms with Gasteiger partial charge in [-0.2, -0.15) is 0 Å². The number of benzene rings is 1. The molecule has 28 heavy (non-hydrogen) atoms. The number of amides is 2. The number of thioether (sulfide) groups is 1. The molecular weight excluding hydrogens is 400 g/mol. The van der Waals surface area contributed by atoms with E-state index in [2.05, 4.69) is 0 Å². The van der Waals surface area contributed by atoms with Crippen LogP contribution in [0.2, 0.25) is 5.02 Å². The molecule has 2 rings (SSSR count). The zero-order chi connectivity index (χ0) is 20.5. The highest BCUT2D eigenvalue weighted by atomic mass is 35.5. The van der Waals surface area contributed by atoms with Gasteiger partial charge in [0.15, 0.2) is 0 Å². The molecule has 0 aliphatic carbocycles. The molecular formula is C20H27ClN2O4S. The van der Waals surface area contributed by atoms with Crippen molar-refractivity contribution >= 4 is 41.1 Å². The maximum Gasteiger partial charge on any atom is 0.309 e. The van der Waals surface area contributed by atoms with E-state index in [1.807, 2.05) is 24.3 Å². The Hall–Kier alpha value is -1.73. The van der Waals surface area contributed by atoms with Crippen LogP contribution in [0.15, 0.2) is 24.3 Å². The Balaban J connectivity index is 1.69. The number of esters is 1. The molecule has 1 heterocycles.